The number of carbonyl (C=O) groups excluding carboxylic acids is 3. The Hall–Kier alpha value is -3.61. The van der Waals surface area contributed by atoms with E-state index in [1.165, 1.54) is 7.11 Å². The zero-order valence-electron chi connectivity index (χ0n) is 19.1. The van der Waals surface area contributed by atoms with Crippen LogP contribution in [0, 0.1) is 5.92 Å². The molecule has 7 nitrogen and oxygen atoms in total. The highest BCUT2D eigenvalue weighted by Gasteiger charge is 2.38. The number of H-pyrrole nitrogens is 1. The number of methoxy groups -OCH3 is 1. The lowest BCUT2D eigenvalue weighted by Gasteiger charge is -2.26. The van der Waals surface area contributed by atoms with Crippen LogP contribution in [0.5, 0.6) is 0 Å². The number of hydrogen-bond acceptors (Lipinski definition) is 4. The Balaban J connectivity index is 1.56. The lowest BCUT2D eigenvalue weighted by Crippen LogP contribution is -2.43. The first kappa shape index (κ1) is 22.6. The third-order valence-corrected chi connectivity index (χ3v) is 6.08. The molecule has 172 valence electrons. The smallest absolute Gasteiger partial charge is 0.328 e. The van der Waals surface area contributed by atoms with Gasteiger partial charge in [-0.2, -0.15) is 0 Å². The summed E-state index contributed by atoms with van der Waals surface area (Å²) in [6, 6.07) is 14.6. The van der Waals surface area contributed by atoms with Gasteiger partial charge in [-0.05, 0) is 30.0 Å². The molecule has 1 aliphatic heterocycles. The third kappa shape index (κ3) is 4.49. The van der Waals surface area contributed by atoms with Crippen LogP contribution in [-0.4, -0.2) is 47.4 Å². The lowest BCUT2D eigenvalue weighted by atomic mass is 9.97. The molecule has 0 aliphatic carbocycles. The van der Waals surface area contributed by atoms with Gasteiger partial charge in [-0.1, -0.05) is 50.2 Å². The minimum Gasteiger partial charge on any atom is -0.467 e. The summed E-state index contributed by atoms with van der Waals surface area (Å²) >= 11 is 0. The topological polar surface area (TPSA) is 91.5 Å². The fourth-order valence-electron chi connectivity index (χ4n) is 4.57. The summed E-state index contributed by atoms with van der Waals surface area (Å²) in [4.78, 5) is 43.1. The Kier molecular flexibility index (Phi) is 6.49. The third-order valence-electron chi connectivity index (χ3n) is 6.08. The van der Waals surface area contributed by atoms with Gasteiger partial charge < -0.3 is 19.9 Å². The number of hydrogen-bond donors (Lipinski definition) is 2. The van der Waals surface area contributed by atoms with Crippen LogP contribution in [0.2, 0.25) is 0 Å². The van der Waals surface area contributed by atoms with Gasteiger partial charge in [0.25, 0.3) is 5.91 Å². The predicted molar refractivity (Wildman–Crippen MR) is 126 cm³/mol. The number of carbonyl (C=O) groups is 3. The lowest BCUT2D eigenvalue weighted by molar-refractivity contribution is -0.145. The fourth-order valence-corrected chi connectivity index (χ4v) is 4.57. The van der Waals surface area contributed by atoms with Crippen LogP contribution in [0.15, 0.2) is 54.7 Å². The van der Waals surface area contributed by atoms with Crippen molar-refractivity contribution in [2.45, 2.75) is 38.8 Å². The van der Waals surface area contributed by atoms with E-state index in [0.717, 1.165) is 22.0 Å². The molecular formula is C26H29N3O4. The standard InChI is InChI=1S/C26H29N3O4/c1-16(2)14-22(26(32)33-3)28-23(30)12-13-29-24(18-9-4-5-10-19(18)25(29)31)20-15-27-21-11-7-6-8-17(20)21/h4-11,15-16,22,24,27H,12-14H2,1-3H3,(H,28,30)/t22-,24+/m1/s1. The van der Waals surface area contributed by atoms with Gasteiger partial charge in [-0.3, -0.25) is 9.59 Å². The maximum absolute atomic E-state index is 13.3. The van der Waals surface area contributed by atoms with Crippen molar-refractivity contribution in [2.24, 2.45) is 5.92 Å². The molecule has 2 N–H and O–H groups in total. The molecule has 3 aromatic rings. The van der Waals surface area contributed by atoms with Crippen LogP contribution in [0.25, 0.3) is 10.9 Å². The van der Waals surface area contributed by atoms with E-state index in [4.69, 9.17) is 4.74 Å². The SMILES string of the molecule is COC(=O)[C@@H](CC(C)C)NC(=O)CCN1C(=O)c2ccccc2[C@H]1c1c[nH]c2ccccc12. The molecule has 0 radical (unpaired) electrons. The molecular weight excluding hydrogens is 418 g/mol. The van der Waals surface area contributed by atoms with Crippen molar-refractivity contribution in [3.05, 3.63) is 71.4 Å². The molecule has 0 saturated carbocycles. The average Bonchev–Trinajstić information content (AvgIpc) is 3.35. The molecule has 0 bridgehead atoms. The molecule has 7 heteroatoms. The van der Waals surface area contributed by atoms with E-state index >= 15 is 0 Å². The van der Waals surface area contributed by atoms with E-state index in [1.807, 2.05) is 68.6 Å². The summed E-state index contributed by atoms with van der Waals surface area (Å²) in [5, 5.41) is 3.83. The molecule has 1 aromatic heterocycles. The van der Waals surface area contributed by atoms with Crippen LogP contribution >= 0.6 is 0 Å². The minimum atomic E-state index is -0.696. The van der Waals surface area contributed by atoms with E-state index in [-0.39, 0.29) is 36.7 Å². The van der Waals surface area contributed by atoms with E-state index in [0.29, 0.717) is 12.0 Å². The number of ether oxygens (including phenoxy) is 1. The molecule has 1 aliphatic rings. The first-order valence-electron chi connectivity index (χ1n) is 11.2. The first-order valence-corrected chi connectivity index (χ1v) is 11.2. The monoisotopic (exact) mass is 447 g/mol. The highest BCUT2D eigenvalue weighted by Crippen LogP contribution is 2.41. The van der Waals surface area contributed by atoms with Gasteiger partial charge >= 0.3 is 5.97 Å². The van der Waals surface area contributed by atoms with Crippen LogP contribution in [0.3, 0.4) is 0 Å². The number of nitrogens with zero attached hydrogens (tertiary/aromatic N) is 1. The van der Waals surface area contributed by atoms with Crippen LogP contribution in [0.1, 0.15) is 54.2 Å². The maximum Gasteiger partial charge on any atom is 0.328 e. The van der Waals surface area contributed by atoms with Crippen molar-refractivity contribution in [2.75, 3.05) is 13.7 Å². The second-order valence-corrected chi connectivity index (χ2v) is 8.80. The number of rotatable bonds is 8. The first-order chi connectivity index (χ1) is 15.9. The number of amides is 2. The number of fused-ring (bicyclic) bond motifs is 2. The van der Waals surface area contributed by atoms with Gasteiger partial charge in [0.05, 0.1) is 13.2 Å². The highest BCUT2D eigenvalue weighted by molar-refractivity contribution is 6.01. The van der Waals surface area contributed by atoms with Crippen LogP contribution in [0.4, 0.5) is 0 Å². The van der Waals surface area contributed by atoms with E-state index < -0.39 is 12.0 Å². The normalized spacial score (nSPS) is 16.2. The molecule has 4 rings (SSSR count). The molecule has 33 heavy (non-hydrogen) atoms. The second kappa shape index (κ2) is 9.48. The average molecular weight is 448 g/mol. The van der Waals surface area contributed by atoms with E-state index in [1.54, 1.807) is 4.90 Å². The number of aromatic nitrogens is 1. The molecule has 0 fully saturated rings. The fraction of sp³-hybridized carbons (Fsp3) is 0.346. The molecule has 0 unspecified atom stereocenters. The van der Waals surface area contributed by atoms with Crippen molar-refractivity contribution >= 4 is 28.7 Å². The molecule has 2 amide bonds. The Labute approximate surface area is 193 Å². The zero-order chi connectivity index (χ0) is 23.5. The van der Waals surface area contributed by atoms with Crippen molar-refractivity contribution in [1.29, 1.82) is 0 Å². The molecule has 2 atom stereocenters. The van der Waals surface area contributed by atoms with Gasteiger partial charge in [0.2, 0.25) is 5.91 Å². The summed E-state index contributed by atoms with van der Waals surface area (Å²) in [5.41, 5.74) is 3.58. The second-order valence-electron chi connectivity index (χ2n) is 8.80. The largest absolute Gasteiger partial charge is 0.467 e. The Bertz CT molecular complexity index is 1180. The summed E-state index contributed by atoms with van der Waals surface area (Å²) in [5.74, 6) is -0.624. The Morgan fingerprint density at radius 1 is 1.09 bits per heavy atom. The van der Waals surface area contributed by atoms with Crippen molar-refractivity contribution < 1.29 is 19.1 Å². The van der Waals surface area contributed by atoms with E-state index in [2.05, 4.69) is 10.3 Å². The number of benzene rings is 2. The van der Waals surface area contributed by atoms with Gasteiger partial charge in [0, 0.05) is 41.2 Å². The Morgan fingerprint density at radius 2 is 1.82 bits per heavy atom. The number of esters is 1. The van der Waals surface area contributed by atoms with Crippen molar-refractivity contribution in [3.63, 3.8) is 0 Å². The van der Waals surface area contributed by atoms with Gasteiger partial charge in [0.1, 0.15) is 6.04 Å². The number of aromatic amines is 1. The predicted octanol–water partition coefficient (Wildman–Crippen LogP) is 3.81. The van der Waals surface area contributed by atoms with Crippen molar-refractivity contribution in [1.82, 2.24) is 15.2 Å². The molecule has 0 saturated heterocycles. The van der Waals surface area contributed by atoms with Crippen molar-refractivity contribution in [3.8, 4) is 0 Å². The summed E-state index contributed by atoms with van der Waals surface area (Å²) in [7, 11) is 1.31. The van der Waals surface area contributed by atoms with Gasteiger partial charge in [-0.15, -0.1) is 0 Å². The zero-order valence-corrected chi connectivity index (χ0v) is 19.1. The molecule has 2 heterocycles. The van der Waals surface area contributed by atoms with E-state index in [9.17, 15) is 14.4 Å². The number of nitrogens with one attached hydrogen (secondary N) is 2. The summed E-state index contributed by atoms with van der Waals surface area (Å²) in [6.45, 7) is 4.20. The molecule has 2 aromatic carbocycles. The summed E-state index contributed by atoms with van der Waals surface area (Å²) < 4.78 is 4.84. The number of para-hydroxylation sites is 1. The Morgan fingerprint density at radius 3 is 2.58 bits per heavy atom. The highest BCUT2D eigenvalue weighted by atomic mass is 16.5. The van der Waals surface area contributed by atoms with Crippen LogP contribution in [-0.2, 0) is 14.3 Å². The summed E-state index contributed by atoms with van der Waals surface area (Å²) in [6.07, 6.45) is 2.52. The maximum atomic E-state index is 13.3. The molecule has 0 spiro atoms. The minimum absolute atomic E-state index is 0.0875. The quantitative estimate of drug-likeness (QED) is 0.514. The van der Waals surface area contributed by atoms with Crippen LogP contribution < -0.4 is 5.32 Å². The van der Waals surface area contributed by atoms with Gasteiger partial charge in [0.15, 0.2) is 0 Å². The van der Waals surface area contributed by atoms with Gasteiger partial charge in [-0.25, -0.2) is 4.79 Å².